The lowest BCUT2D eigenvalue weighted by atomic mass is 9.43. The van der Waals surface area contributed by atoms with Crippen molar-refractivity contribution >= 4 is 17.1 Å². The molecule has 13 rings (SSSR count). The molecule has 5 saturated carbocycles. The lowest BCUT2D eigenvalue weighted by Gasteiger charge is -2.61. The summed E-state index contributed by atoms with van der Waals surface area (Å²) in [5, 5.41) is 0. The number of rotatable bonds is 4. The normalized spacial score (nSPS) is 26.3. The van der Waals surface area contributed by atoms with Gasteiger partial charge >= 0.3 is 0 Å². The van der Waals surface area contributed by atoms with Gasteiger partial charge in [0, 0.05) is 27.9 Å². The molecule has 0 aromatic heterocycles. The standard InChI is InChI=1S/C52H47N/c1-3-12-36(13-4-1)37-14-11-15-40(31-37)53(42-20-22-45-43-16-5-7-18-47(43)51(50(45)33-42)24-9-2-10-25-51)41-21-23-49-46(32-41)44-17-6-8-19-48(44)52(49)38-27-34-26-35(29-38)30-39(52)28-34/h1,3-8,11-23,31-35,38-39H,2,9-10,24-30H2. The molecule has 7 aliphatic rings. The van der Waals surface area contributed by atoms with Gasteiger partial charge in [0.05, 0.1) is 0 Å². The van der Waals surface area contributed by atoms with Crippen molar-refractivity contribution in [1.29, 1.82) is 0 Å². The molecule has 6 aromatic carbocycles. The molecule has 0 unspecified atom stereocenters. The number of benzene rings is 6. The summed E-state index contributed by atoms with van der Waals surface area (Å²) in [6.07, 6.45) is 13.6. The fraction of sp³-hybridized carbons (Fsp3) is 0.308. The van der Waals surface area contributed by atoms with Crippen LogP contribution in [0.15, 0.2) is 140 Å². The van der Waals surface area contributed by atoms with Crippen molar-refractivity contribution < 1.29 is 0 Å². The molecule has 0 saturated heterocycles. The van der Waals surface area contributed by atoms with Crippen LogP contribution in [0.25, 0.3) is 33.4 Å². The monoisotopic (exact) mass is 685 g/mol. The van der Waals surface area contributed by atoms with Crippen molar-refractivity contribution in [2.24, 2.45) is 23.7 Å². The van der Waals surface area contributed by atoms with E-state index in [9.17, 15) is 0 Å². The Hall–Kier alpha value is -4.88. The molecular formula is C52H47N. The molecule has 1 heteroatoms. The zero-order valence-corrected chi connectivity index (χ0v) is 30.6. The fourth-order valence-corrected chi connectivity index (χ4v) is 13.5. The second-order valence-electron chi connectivity index (χ2n) is 17.6. The summed E-state index contributed by atoms with van der Waals surface area (Å²) in [5.74, 6) is 3.44. The Morgan fingerprint density at radius 3 is 1.75 bits per heavy atom. The topological polar surface area (TPSA) is 3.24 Å². The molecule has 0 N–H and O–H groups in total. The van der Waals surface area contributed by atoms with Gasteiger partial charge in [-0.25, -0.2) is 0 Å². The summed E-state index contributed by atoms with van der Waals surface area (Å²) in [6.45, 7) is 0. The van der Waals surface area contributed by atoms with E-state index in [2.05, 4.69) is 144 Å². The first-order chi connectivity index (χ1) is 26.2. The van der Waals surface area contributed by atoms with Crippen molar-refractivity contribution in [2.75, 3.05) is 4.90 Å². The zero-order chi connectivity index (χ0) is 34.7. The van der Waals surface area contributed by atoms with Crippen LogP contribution in [-0.4, -0.2) is 0 Å². The summed E-state index contributed by atoms with van der Waals surface area (Å²) in [6, 6.07) is 54.1. The molecule has 0 atom stereocenters. The van der Waals surface area contributed by atoms with E-state index in [1.807, 2.05) is 0 Å². The molecule has 2 spiro atoms. The molecule has 0 heterocycles. The number of fused-ring (bicyclic) bond motifs is 8. The van der Waals surface area contributed by atoms with Gasteiger partial charge in [-0.3, -0.25) is 0 Å². The second kappa shape index (κ2) is 11.3. The van der Waals surface area contributed by atoms with Crippen LogP contribution in [0.3, 0.4) is 0 Å². The number of nitrogens with zero attached hydrogens (tertiary/aromatic N) is 1. The van der Waals surface area contributed by atoms with Crippen LogP contribution in [0.1, 0.15) is 86.5 Å². The first-order valence-corrected chi connectivity index (χ1v) is 20.7. The first kappa shape index (κ1) is 30.6. The van der Waals surface area contributed by atoms with Crippen molar-refractivity contribution in [3.63, 3.8) is 0 Å². The van der Waals surface area contributed by atoms with Crippen molar-refractivity contribution in [3.05, 3.63) is 162 Å². The van der Waals surface area contributed by atoms with Crippen LogP contribution in [0.4, 0.5) is 17.1 Å². The van der Waals surface area contributed by atoms with Gasteiger partial charge in [0.15, 0.2) is 0 Å². The van der Waals surface area contributed by atoms with Crippen LogP contribution in [0.5, 0.6) is 0 Å². The maximum absolute atomic E-state index is 2.59. The van der Waals surface area contributed by atoms with Crippen molar-refractivity contribution in [1.82, 2.24) is 0 Å². The Balaban J connectivity index is 1.06. The summed E-state index contributed by atoms with van der Waals surface area (Å²) in [7, 11) is 0. The zero-order valence-electron chi connectivity index (χ0n) is 30.6. The van der Waals surface area contributed by atoms with Crippen LogP contribution in [0, 0.1) is 23.7 Å². The van der Waals surface area contributed by atoms with Crippen LogP contribution in [0.2, 0.25) is 0 Å². The van der Waals surface area contributed by atoms with Gasteiger partial charge in [0.1, 0.15) is 0 Å². The van der Waals surface area contributed by atoms with Crippen LogP contribution >= 0.6 is 0 Å². The predicted octanol–water partition coefficient (Wildman–Crippen LogP) is 13.8. The third kappa shape index (κ3) is 4.20. The van der Waals surface area contributed by atoms with E-state index in [4.69, 9.17) is 0 Å². The lowest BCUT2D eigenvalue weighted by molar-refractivity contribution is -0.0399. The van der Waals surface area contributed by atoms with Gasteiger partial charge in [0.2, 0.25) is 0 Å². The molecule has 0 aliphatic heterocycles. The van der Waals surface area contributed by atoms with E-state index in [-0.39, 0.29) is 10.8 Å². The van der Waals surface area contributed by atoms with Crippen LogP contribution in [-0.2, 0) is 10.8 Å². The summed E-state index contributed by atoms with van der Waals surface area (Å²) in [5.41, 5.74) is 18.8. The molecule has 4 bridgehead atoms. The van der Waals surface area contributed by atoms with Crippen LogP contribution < -0.4 is 4.90 Å². The average Bonchev–Trinajstić information content (AvgIpc) is 3.64. The Bertz CT molecular complexity index is 2380. The van der Waals surface area contributed by atoms with E-state index >= 15 is 0 Å². The minimum atomic E-state index is 0.112. The van der Waals surface area contributed by atoms with Crippen molar-refractivity contribution in [2.45, 2.75) is 75.0 Å². The van der Waals surface area contributed by atoms with Gasteiger partial charge in [0.25, 0.3) is 0 Å². The Morgan fingerprint density at radius 2 is 0.981 bits per heavy atom. The van der Waals surface area contributed by atoms with Gasteiger partial charge in [-0.2, -0.15) is 0 Å². The van der Waals surface area contributed by atoms with E-state index in [0.717, 1.165) is 23.7 Å². The smallest absolute Gasteiger partial charge is 0.0468 e. The maximum atomic E-state index is 2.59. The van der Waals surface area contributed by atoms with Crippen molar-refractivity contribution in [3.8, 4) is 33.4 Å². The summed E-state index contributed by atoms with van der Waals surface area (Å²) in [4.78, 5) is 2.58. The highest BCUT2D eigenvalue weighted by atomic mass is 15.1. The third-order valence-electron chi connectivity index (χ3n) is 15.2. The summed E-state index contributed by atoms with van der Waals surface area (Å²) < 4.78 is 0. The Labute approximate surface area is 314 Å². The first-order valence-electron chi connectivity index (χ1n) is 20.7. The quantitative estimate of drug-likeness (QED) is 0.179. The molecule has 0 amide bonds. The maximum Gasteiger partial charge on any atom is 0.0468 e. The molecule has 6 aromatic rings. The number of anilines is 3. The minimum Gasteiger partial charge on any atom is -0.310 e. The molecule has 0 radical (unpaired) electrons. The highest BCUT2D eigenvalue weighted by molar-refractivity contribution is 5.90. The third-order valence-corrected chi connectivity index (χ3v) is 15.2. The molecular weight excluding hydrogens is 639 g/mol. The molecule has 1 nitrogen and oxygen atoms in total. The largest absolute Gasteiger partial charge is 0.310 e. The van der Waals surface area contributed by atoms with Gasteiger partial charge in [-0.05, 0) is 161 Å². The van der Waals surface area contributed by atoms with E-state index < -0.39 is 0 Å². The Kier molecular flexibility index (Phi) is 6.53. The van der Waals surface area contributed by atoms with Gasteiger partial charge < -0.3 is 4.90 Å². The number of hydrogen-bond donors (Lipinski definition) is 0. The highest BCUT2D eigenvalue weighted by Crippen LogP contribution is 2.69. The van der Waals surface area contributed by atoms with E-state index in [1.54, 1.807) is 22.3 Å². The summed E-state index contributed by atoms with van der Waals surface area (Å²) >= 11 is 0. The fourth-order valence-electron chi connectivity index (χ4n) is 13.5. The van der Waals surface area contributed by atoms with Gasteiger partial charge in [-0.15, -0.1) is 0 Å². The molecule has 7 aliphatic carbocycles. The van der Waals surface area contributed by atoms with E-state index in [1.165, 1.54) is 115 Å². The SMILES string of the molecule is c1ccc(-c2cccc(N(c3ccc4c(c3)-c3ccccc3C43C4CC5CC(C4)CC3C5)c3ccc4c(c3)C3(CCCCC3)c3ccccc3-4)c2)cc1. The number of hydrogen-bond acceptors (Lipinski definition) is 1. The molecule has 53 heavy (non-hydrogen) atoms. The Morgan fingerprint density at radius 1 is 0.396 bits per heavy atom. The minimum absolute atomic E-state index is 0.112. The molecule has 260 valence electrons. The lowest BCUT2D eigenvalue weighted by Crippen LogP contribution is -2.55. The van der Waals surface area contributed by atoms with E-state index in [0.29, 0.717) is 0 Å². The highest BCUT2D eigenvalue weighted by Gasteiger charge is 2.61. The molecule has 5 fully saturated rings. The predicted molar refractivity (Wildman–Crippen MR) is 219 cm³/mol. The van der Waals surface area contributed by atoms with Gasteiger partial charge in [-0.1, -0.05) is 122 Å². The second-order valence-corrected chi connectivity index (χ2v) is 17.6. The average molecular weight is 686 g/mol.